The molecule has 8 nitrogen and oxygen atoms in total. The number of carbonyl (C=O) groups excluding carboxylic acids is 1. The van der Waals surface area contributed by atoms with Gasteiger partial charge in [0.05, 0.1) is 25.2 Å². The van der Waals surface area contributed by atoms with E-state index in [9.17, 15) is 13.2 Å². The van der Waals surface area contributed by atoms with Crippen LogP contribution < -0.4 is 24.2 Å². The smallest absolute Gasteiger partial charge is 0.244 e. The number of amides is 1. The highest BCUT2D eigenvalue weighted by Crippen LogP contribution is 2.29. The molecule has 9 heteroatoms. The van der Waals surface area contributed by atoms with Crippen LogP contribution in [0.5, 0.6) is 17.2 Å². The molecular formula is C23H30N2O6S. The Labute approximate surface area is 189 Å². The van der Waals surface area contributed by atoms with Crippen LogP contribution in [0.25, 0.3) is 6.08 Å². The van der Waals surface area contributed by atoms with Crippen molar-refractivity contribution in [3.05, 3.63) is 54.1 Å². The number of carbonyl (C=O) groups is 1. The van der Waals surface area contributed by atoms with Crippen molar-refractivity contribution in [3.63, 3.8) is 0 Å². The minimum absolute atomic E-state index is 0.0614. The van der Waals surface area contributed by atoms with Crippen molar-refractivity contribution in [1.82, 2.24) is 10.0 Å². The quantitative estimate of drug-likeness (QED) is 0.350. The summed E-state index contributed by atoms with van der Waals surface area (Å²) in [5.74, 6) is 1.52. The highest BCUT2D eigenvalue weighted by molar-refractivity contribution is 7.89. The lowest BCUT2D eigenvalue weighted by molar-refractivity contribution is -0.116. The fraction of sp³-hybridized carbons (Fsp3) is 0.348. The molecule has 0 atom stereocenters. The van der Waals surface area contributed by atoms with E-state index in [1.165, 1.54) is 25.3 Å². The van der Waals surface area contributed by atoms with Gasteiger partial charge in [0.25, 0.3) is 0 Å². The third-order valence-electron chi connectivity index (χ3n) is 4.24. The zero-order valence-corrected chi connectivity index (χ0v) is 19.4. The molecule has 0 fully saturated rings. The number of rotatable bonds is 13. The lowest BCUT2D eigenvalue weighted by Gasteiger charge is -2.12. The molecule has 1 amide bonds. The number of nitrogens with one attached hydrogen (secondary N) is 2. The molecular weight excluding hydrogens is 432 g/mol. The highest BCUT2D eigenvalue weighted by Gasteiger charge is 2.13. The molecule has 174 valence electrons. The third-order valence-corrected chi connectivity index (χ3v) is 5.72. The molecule has 0 unspecified atom stereocenters. The van der Waals surface area contributed by atoms with Gasteiger partial charge in [-0.25, -0.2) is 13.1 Å². The standard InChI is InChI=1S/C23H30N2O6S/c1-4-16-31-21-12-6-18(17-22(21)30-5-2)7-13-23(26)24-14-15-25-32(27,28)20-10-8-19(29-3)9-11-20/h6-13,17,25H,4-5,14-16H2,1-3H3,(H,24,26)/b13-7+. The Balaban J connectivity index is 1.85. The van der Waals surface area contributed by atoms with Crippen molar-refractivity contribution in [3.8, 4) is 17.2 Å². The van der Waals surface area contributed by atoms with E-state index < -0.39 is 10.0 Å². The molecule has 0 aromatic heterocycles. The van der Waals surface area contributed by atoms with Crippen LogP contribution in [-0.4, -0.2) is 47.7 Å². The predicted molar refractivity (Wildman–Crippen MR) is 124 cm³/mol. The maximum absolute atomic E-state index is 12.3. The van der Waals surface area contributed by atoms with E-state index in [0.717, 1.165) is 12.0 Å². The van der Waals surface area contributed by atoms with Gasteiger partial charge in [-0.2, -0.15) is 0 Å². The molecule has 2 rings (SSSR count). The van der Waals surface area contributed by atoms with Gasteiger partial charge in [-0.05, 0) is 61.4 Å². The van der Waals surface area contributed by atoms with Crippen molar-refractivity contribution < 1.29 is 27.4 Å². The minimum atomic E-state index is -3.66. The first-order valence-electron chi connectivity index (χ1n) is 10.4. The van der Waals surface area contributed by atoms with Gasteiger partial charge in [0, 0.05) is 19.2 Å². The summed E-state index contributed by atoms with van der Waals surface area (Å²) in [5, 5.41) is 2.65. The molecule has 0 aliphatic rings. The van der Waals surface area contributed by atoms with Crippen LogP contribution in [-0.2, 0) is 14.8 Å². The second kappa shape index (κ2) is 12.7. The topological polar surface area (TPSA) is 103 Å². The summed E-state index contributed by atoms with van der Waals surface area (Å²) in [7, 11) is -2.15. The molecule has 0 bridgehead atoms. The van der Waals surface area contributed by atoms with Gasteiger partial charge in [-0.15, -0.1) is 0 Å². The Hall–Kier alpha value is -3.04. The molecule has 2 aromatic rings. The molecule has 0 saturated heterocycles. The zero-order chi connectivity index (χ0) is 23.4. The minimum Gasteiger partial charge on any atom is -0.497 e. The molecule has 2 aromatic carbocycles. The Morgan fingerprint density at radius 3 is 2.41 bits per heavy atom. The van der Waals surface area contributed by atoms with Gasteiger partial charge in [-0.3, -0.25) is 4.79 Å². The number of methoxy groups -OCH3 is 1. The number of hydrogen-bond acceptors (Lipinski definition) is 6. The van der Waals surface area contributed by atoms with Crippen molar-refractivity contribution >= 4 is 22.0 Å². The maximum atomic E-state index is 12.3. The van der Waals surface area contributed by atoms with Crippen LogP contribution in [0.4, 0.5) is 0 Å². The average molecular weight is 463 g/mol. The van der Waals surface area contributed by atoms with E-state index in [-0.39, 0.29) is 23.9 Å². The summed E-state index contributed by atoms with van der Waals surface area (Å²) >= 11 is 0. The van der Waals surface area contributed by atoms with Crippen LogP contribution in [0, 0.1) is 0 Å². The molecule has 0 heterocycles. The van der Waals surface area contributed by atoms with Crippen LogP contribution in [0.3, 0.4) is 0 Å². The van der Waals surface area contributed by atoms with Crippen molar-refractivity contribution in [2.24, 2.45) is 0 Å². The Morgan fingerprint density at radius 2 is 1.75 bits per heavy atom. The summed E-state index contributed by atoms with van der Waals surface area (Å²) in [6.07, 6.45) is 3.93. The Bertz CT molecular complexity index is 1000. The molecule has 0 aliphatic carbocycles. The summed E-state index contributed by atoms with van der Waals surface area (Å²) in [6, 6.07) is 11.5. The maximum Gasteiger partial charge on any atom is 0.244 e. The third kappa shape index (κ3) is 7.90. The molecule has 0 radical (unpaired) electrons. The summed E-state index contributed by atoms with van der Waals surface area (Å²) in [5.41, 5.74) is 0.785. The lowest BCUT2D eigenvalue weighted by Crippen LogP contribution is -2.34. The summed E-state index contributed by atoms with van der Waals surface area (Å²) < 4.78 is 43.3. The van der Waals surface area contributed by atoms with Gasteiger partial charge in [0.2, 0.25) is 15.9 Å². The van der Waals surface area contributed by atoms with E-state index in [1.54, 1.807) is 24.3 Å². The average Bonchev–Trinajstić information content (AvgIpc) is 2.80. The monoisotopic (exact) mass is 462 g/mol. The van der Waals surface area contributed by atoms with E-state index in [4.69, 9.17) is 14.2 Å². The molecule has 0 aliphatic heterocycles. The fourth-order valence-electron chi connectivity index (χ4n) is 2.67. The molecule has 0 spiro atoms. The van der Waals surface area contributed by atoms with Gasteiger partial charge in [-0.1, -0.05) is 13.0 Å². The van der Waals surface area contributed by atoms with Crippen LogP contribution >= 0.6 is 0 Å². The molecule has 2 N–H and O–H groups in total. The van der Waals surface area contributed by atoms with Gasteiger partial charge >= 0.3 is 0 Å². The van der Waals surface area contributed by atoms with E-state index in [2.05, 4.69) is 10.0 Å². The zero-order valence-electron chi connectivity index (χ0n) is 18.6. The van der Waals surface area contributed by atoms with E-state index in [0.29, 0.717) is 30.5 Å². The first-order valence-corrected chi connectivity index (χ1v) is 11.9. The Morgan fingerprint density at radius 1 is 1.00 bits per heavy atom. The number of sulfonamides is 1. The normalized spacial score (nSPS) is 11.3. The van der Waals surface area contributed by atoms with Crippen molar-refractivity contribution in [1.29, 1.82) is 0 Å². The summed E-state index contributed by atoms with van der Waals surface area (Å²) in [4.78, 5) is 12.2. The fourth-order valence-corrected chi connectivity index (χ4v) is 3.70. The van der Waals surface area contributed by atoms with Gasteiger partial charge < -0.3 is 19.5 Å². The van der Waals surface area contributed by atoms with Crippen molar-refractivity contribution in [2.45, 2.75) is 25.2 Å². The highest BCUT2D eigenvalue weighted by atomic mass is 32.2. The van der Waals surface area contributed by atoms with E-state index >= 15 is 0 Å². The van der Waals surface area contributed by atoms with Crippen molar-refractivity contribution in [2.75, 3.05) is 33.4 Å². The number of hydrogen-bond donors (Lipinski definition) is 2. The van der Waals surface area contributed by atoms with Crippen LogP contribution in [0.1, 0.15) is 25.8 Å². The number of benzene rings is 2. The second-order valence-corrected chi connectivity index (χ2v) is 8.45. The first-order chi connectivity index (χ1) is 15.4. The lowest BCUT2D eigenvalue weighted by atomic mass is 10.2. The first kappa shape index (κ1) is 25.2. The Kier molecular flexibility index (Phi) is 10.0. The molecule has 0 saturated carbocycles. The van der Waals surface area contributed by atoms with Crippen LogP contribution in [0.2, 0.25) is 0 Å². The SMILES string of the molecule is CCCOc1ccc(/C=C/C(=O)NCCNS(=O)(=O)c2ccc(OC)cc2)cc1OCC. The van der Waals surface area contributed by atoms with Crippen LogP contribution in [0.15, 0.2) is 53.4 Å². The second-order valence-electron chi connectivity index (χ2n) is 6.69. The van der Waals surface area contributed by atoms with E-state index in [1.807, 2.05) is 26.0 Å². The predicted octanol–water partition coefficient (Wildman–Crippen LogP) is 2.99. The van der Waals surface area contributed by atoms with Gasteiger partial charge in [0.1, 0.15) is 5.75 Å². The number of ether oxygens (including phenoxy) is 3. The molecule has 32 heavy (non-hydrogen) atoms. The summed E-state index contributed by atoms with van der Waals surface area (Å²) in [6.45, 7) is 5.23. The largest absolute Gasteiger partial charge is 0.497 e. The van der Waals surface area contributed by atoms with Gasteiger partial charge in [0.15, 0.2) is 11.5 Å².